The van der Waals surface area contributed by atoms with Gasteiger partial charge in [0.2, 0.25) is 5.78 Å². The number of hydrogen-bond donors (Lipinski definition) is 3. The number of aliphatic hydroxyl groups is 1. The monoisotopic (exact) mass is 505 g/mol. The first-order valence-corrected chi connectivity index (χ1v) is 12.9. The first-order chi connectivity index (χ1) is 15.8. The van der Waals surface area contributed by atoms with Gasteiger partial charge in [-0.2, -0.15) is 8.42 Å². The maximum Gasteiger partial charge on any atom is 0.294 e. The van der Waals surface area contributed by atoms with E-state index in [1.165, 1.54) is 23.5 Å². The normalized spacial score (nSPS) is 11.7. The lowest BCUT2D eigenvalue weighted by Gasteiger charge is -2.24. The lowest BCUT2D eigenvalue weighted by Crippen LogP contribution is -2.22. The Balaban J connectivity index is 0.000000340. The molecule has 0 saturated heterocycles. The zero-order valence-electron chi connectivity index (χ0n) is 19.7. The molecule has 0 bridgehead atoms. The minimum atomic E-state index is -4.00. The number of likely N-dealkylation sites (N-methyl/N-ethyl adjacent to an activating group) is 1. The number of aliphatic hydroxyl groups excluding tert-OH is 1. The van der Waals surface area contributed by atoms with E-state index in [-0.39, 0.29) is 28.5 Å². The van der Waals surface area contributed by atoms with Crippen molar-refractivity contribution in [1.82, 2.24) is 4.90 Å². The van der Waals surface area contributed by atoms with Gasteiger partial charge in [-0.15, -0.1) is 11.3 Å². The minimum absolute atomic E-state index is 0.0263. The molecule has 184 valence electrons. The number of thiophene rings is 1. The zero-order chi connectivity index (χ0) is 25.5. The molecule has 0 fully saturated rings. The molecule has 0 aliphatic carbocycles. The SMILES string of the molecule is CN(CCO)Cc1cc(C(=O)c2cccs2)cc(C(C)(C)C)c1O.O=S(=O)(O)c1ccccc1. The summed E-state index contributed by atoms with van der Waals surface area (Å²) in [5.41, 5.74) is 1.78. The third kappa shape index (κ3) is 7.75. The van der Waals surface area contributed by atoms with E-state index in [0.29, 0.717) is 29.1 Å². The second-order valence-corrected chi connectivity index (χ2v) is 11.2. The Kier molecular flexibility index (Phi) is 9.54. The van der Waals surface area contributed by atoms with Gasteiger partial charge in [0.05, 0.1) is 16.4 Å². The molecule has 3 rings (SSSR count). The Morgan fingerprint density at radius 3 is 2.18 bits per heavy atom. The smallest absolute Gasteiger partial charge is 0.294 e. The highest BCUT2D eigenvalue weighted by molar-refractivity contribution is 7.85. The standard InChI is InChI=1S/C19H25NO3S.C6H6O3S/c1-19(2,3)15-11-13(18(23)16-6-5-9-24-16)10-14(17(15)22)12-20(4)7-8-21;7-10(8,9)6-4-2-1-3-5-6/h5-6,9-11,21-22H,7-8,12H2,1-4H3;1-5H,(H,7,8,9). The highest BCUT2D eigenvalue weighted by Crippen LogP contribution is 2.35. The minimum Gasteiger partial charge on any atom is -0.507 e. The number of rotatable bonds is 7. The maximum absolute atomic E-state index is 12.7. The molecule has 34 heavy (non-hydrogen) atoms. The second-order valence-electron chi connectivity index (χ2n) is 8.84. The first-order valence-electron chi connectivity index (χ1n) is 10.6. The van der Waals surface area contributed by atoms with Crippen molar-refractivity contribution in [3.05, 3.63) is 81.5 Å². The Labute approximate surface area is 205 Å². The van der Waals surface area contributed by atoms with E-state index in [4.69, 9.17) is 9.66 Å². The number of phenols is 1. The summed E-state index contributed by atoms with van der Waals surface area (Å²) in [6.07, 6.45) is 0. The van der Waals surface area contributed by atoms with Crippen LogP contribution >= 0.6 is 11.3 Å². The van der Waals surface area contributed by atoms with E-state index in [0.717, 1.165) is 5.56 Å². The van der Waals surface area contributed by atoms with Crippen molar-refractivity contribution >= 4 is 27.2 Å². The second kappa shape index (κ2) is 11.7. The molecule has 0 amide bonds. The quantitative estimate of drug-likeness (QED) is 0.323. The van der Waals surface area contributed by atoms with E-state index in [9.17, 15) is 18.3 Å². The molecule has 0 atom stereocenters. The van der Waals surface area contributed by atoms with Gasteiger partial charge in [-0.1, -0.05) is 45.0 Å². The third-order valence-electron chi connectivity index (χ3n) is 4.97. The van der Waals surface area contributed by atoms with Crippen molar-refractivity contribution in [3.8, 4) is 5.75 Å². The highest BCUT2D eigenvalue weighted by Gasteiger charge is 2.24. The van der Waals surface area contributed by atoms with Crippen LogP contribution in [-0.4, -0.2) is 54.1 Å². The fourth-order valence-corrected chi connectivity index (χ4v) is 4.39. The summed E-state index contributed by atoms with van der Waals surface area (Å²) in [5.74, 6) is 0.205. The van der Waals surface area contributed by atoms with Crippen molar-refractivity contribution in [2.24, 2.45) is 0 Å². The number of carbonyl (C=O) groups excluding carboxylic acids is 1. The molecule has 0 radical (unpaired) electrons. The van der Waals surface area contributed by atoms with E-state index in [1.807, 2.05) is 50.2 Å². The van der Waals surface area contributed by atoms with Crippen molar-refractivity contribution in [3.63, 3.8) is 0 Å². The van der Waals surface area contributed by atoms with Gasteiger partial charge >= 0.3 is 0 Å². The van der Waals surface area contributed by atoms with Gasteiger partial charge in [-0.05, 0) is 48.2 Å². The molecule has 9 heteroatoms. The zero-order valence-corrected chi connectivity index (χ0v) is 21.4. The van der Waals surface area contributed by atoms with Crippen molar-refractivity contribution < 1.29 is 28.0 Å². The first kappa shape index (κ1) is 27.7. The van der Waals surface area contributed by atoms with Crippen LogP contribution in [0.15, 0.2) is 64.9 Å². The van der Waals surface area contributed by atoms with Crippen LogP contribution in [0.5, 0.6) is 5.75 Å². The maximum atomic E-state index is 12.7. The van der Waals surface area contributed by atoms with Gasteiger partial charge < -0.3 is 10.2 Å². The molecule has 0 spiro atoms. The number of nitrogens with zero attached hydrogens (tertiary/aromatic N) is 1. The van der Waals surface area contributed by atoms with E-state index in [1.54, 1.807) is 30.3 Å². The average Bonchev–Trinajstić information content (AvgIpc) is 3.29. The molecule has 0 unspecified atom stereocenters. The van der Waals surface area contributed by atoms with E-state index >= 15 is 0 Å². The van der Waals surface area contributed by atoms with Crippen LogP contribution in [-0.2, 0) is 22.1 Å². The van der Waals surface area contributed by atoms with Crippen molar-refractivity contribution in [2.45, 2.75) is 37.6 Å². The van der Waals surface area contributed by atoms with Crippen LogP contribution in [0.2, 0.25) is 0 Å². The molecule has 0 aliphatic rings. The molecule has 7 nitrogen and oxygen atoms in total. The molecule has 1 aromatic heterocycles. The van der Waals surface area contributed by atoms with Gasteiger partial charge in [-0.3, -0.25) is 14.2 Å². The molecule has 1 heterocycles. The lowest BCUT2D eigenvalue weighted by molar-refractivity contribution is 0.104. The number of aromatic hydroxyl groups is 1. The number of carbonyl (C=O) groups is 1. The Hall–Kier alpha value is -2.56. The summed E-state index contributed by atoms with van der Waals surface area (Å²) >= 11 is 1.42. The topological polar surface area (TPSA) is 115 Å². The molecule has 0 aliphatic heterocycles. The molecular formula is C25H31NO6S2. The van der Waals surface area contributed by atoms with Crippen LogP contribution in [0.3, 0.4) is 0 Å². The molecule has 3 aromatic rings. The average molecular weight is 506 g/mol. The lowest BCUT2D eigenvalue weighted by atomic mass is 9.83. The van der Waals surface area contributed by atoms with Crippen LogP contribution < -0.4 is 0 Å². The largest absolute Gasteiger partial charge is 0.507 e. The van der Waals surface area contributed by atoms with Gasteiger partial charge in [0.15, 0.2) is 0 Å². The van der Waals surface area contributed by atoms with Crippen LogP contribution in [0.1, 0.15) is 47.1 Å². The Bertz CT molecular complexity index is 1180. The number of benzene rings is 2. The summed E-state index contributed by atoms with van der Waals surface area (Å²) in [5, 5.41) is 21.6. The van der Waals surface area contributed by atoms with Gasteiger partial charge in [-0.25, -0.2) is 0 Å². The van der Waals surface area contributed by atoms with Crippen LogP contribution in [0.25, 0.3) is 0 Å². The fourth-order valence-electron chi connectivity index (χ4n) is 3.20. The molecular weight excluding hydrogens is 474 g/mol. The van der Waals surface area contributed by atoms with Crippen molar-refractivity contribution in [1.29, 1.82) is 0 Å². The van der Waals surface area contributed by atoms with E-state index < -0.39 is 10.1 Å². The third-order valence-corrected chi connectivity index (χ3v) is 6.70. The fraction of sp³-hybridized carbons (Fsp3) is 0.320. The predicted molar refractivity (Wildman–Crippen MR) is 134 cm³/mol. The summed E-state index contributed by atoms with van der Waals surface area (Å²) < 4.78 is 29.2. The Morgan fingerprint density at radius 2 is 1.71 bits per heavy atom. The highest BCUT2D eigenvalue weighted by atomic mass is 32.2. The summed E-state index contributed by atoms with van der Waals surface area (Å²) in [7, 11) is -2.13. The van der Waals surface area contributed by atoms with Gasteiger partial charge in [0, 0.05) is 29.8 Å². The van der Waals surface area contributed by atoms with Crippen LogP contribution in [0.4, 0.5) is 0 Å². The molecule has 2 aromatic carbocycles. The number of ketones is 1. The van der Waals surface area contributed by atoms with Gasteiger partial charge in [0.1, 0.15) is 5.75 Å². The summed E-state index contributed by atoms with van der Waals surface area (Å²) in [4.78, 5) is 15.3. The predicted octanol–water partition coefficient (Wildman–Crippen LogP) is 4.34. The number of phenolic OH excluding ortho intramolecular Hbond substituents is 1. The van der Waals surface area contributed by atoms with Crippen LogP contribution in [0, 0.1) is 0 Å². The van der Waals surface area contributed by atoms with E-state index in [2.05, 4.69) is 0 Å². The Morgan fingerprint density at radius 1 is 1.06 bits per heavy atom. The molecule has 0 saturated carbocycles. The number of hydrogen-bond acceptors (Lipinski definition) is 7. The van der Waals surface area contributed by atoms with Crippen molar-refractivity contribution in [2.75, 3.05) is 20.2 Å². The molecule has 3 N–H and O–H groups in total. The summed E-state index contributed by atoms with van der Waals surface area (Å²) in [6, 6.07) is 14.7. The summed E-state index contributed by atoms with van der Waals surface area (Å²) in [6.45, 7) is 7.08. The van der Waals surface area contributed by atoms with Gasteiger partial charge in [0.25, 0.3) is 10.1 Å².